The minimum atomic E-state index is -0.211. The average Bonchev–Trinajstić information content (AvgIpc) is 3.24. The first-order valence-electron chi connectivity index (χ1n) is 6.61. The first-order chi connectivity index (χ1) is 10.7. The van der Waals surface area contributed by atoms with E-state index >= 15 is 0 Å². The number of nitrogens with zero attached hydrogens (tertiary/aromatic N) is 3. The number of aromatic nitrogens is 2. The molecular weight excluding hydrogens is 324 g/mol. The molecule has 0 spiro atoms. The van der Waals surface area contributed by atoms with Gasteiger partial charge in [0.2, 0.25) is 11.8 Å². The van der Waals surface area contributed by atoms with E-state index in [1.54, 1.807) is 18.2 Å². The third-order valence-corrected chi connectivity index (χ3v) is 4.18. The summed E-state index contributed by atoms with van der Waals surface area (Å²) in [4.78, 5) is 11.9. The van der Waals surface area contributed by atoms with Crippen molar-refractivity contribution >= 4 is 35.0 Å². The van der Waals surface area contributed by atoms with Crippen molar-refractivity contribution in [1.29, 1.82) is 5.26 Å². The van der Waals surface area contributed by atoms with Crippen molar-refractivity contribution in [2.24, 2.45) is 0 Å². The van der Waals surface area contributed by atoms with Gasteiger partial charge in [-0.25, -0.2) is 0 Å². The second-order valence-corrected chi connectivity index (χ2v) is 6.16. The van der Waals surface area contributed by atoms with Gasteiger partial charge in [-0.2, -0.15) is 5.26 Å². The minimum absolute atomic E-state index is 0.157. The lowest BCUT2D eigenvalue weighted by Gasteiger charge is -2.05. The van der Waals surface area contributed by atoms with Crippen LogP contribution in [0.4, 0.5) is 5.69 Å². The maximum Gasteiger partial charge on any atom is 0.277 e. The zero-order valence-corrected chi connectivity index (χ0v) is 12.9. The molecule has 0 bridgehead atoms. The number of carbonyl (C=O) groups excluding carboxylic acids is 1. The molecule has 6 nitrogen and oxygen atoms in total. The van der Waals surface area contributed by atoms with Gasteiger partial charge in [-0.05, 0) is 31.0 Å². The van der Waals surface area contributed by atoms with Crippen LogP contribution in [0.5, 0.6) is 0 Å². The van der Waals surface area contributed by atoms with E-state index in [1.807, 2.05) is 6.07 Å². The highest BCUT2D eigenvalue weighted by Gasteiger charge is 2.29. The van der Waals surface area contributed by atoms with Crippen LogP contribution in [0.2, 0.25) is 5.02 Å². The summed E-state index contributed by atoms with van der Waals surface area (Å²) in [7, 11) is 0. The number of hydrogen-bond acceptors (Lipinski definition) is 6. The number of carbonyl (C=O) groups is 1. The summed E-state index contributed by atoms with van der Waals surface area (Å²) in [5, 5.41) is 20.1. The predicted octanol–water partition coefficient (Wildman–Crippen LogP) is 3.20. The second kappa shape index (κ2) is 6.38. The molecule has 8 heteroatoms. The van der Waals surface area contributed by atoms with E-state index < -0.39 is 0 Å². The lowest BCUT2D eigenvalue weighted by atomic mass is 10.2. The molecule has 1 aromatic heterocycles. The highest BCUT2D eigenvalue weighted by atomic mass is 35.5. The Morgan fingerprint density at radius 3 is 3.00 bits per heavy atom. The monoisotopic (exact) mass is 334 g/mol. The fourth-order valence-electron chi connectivity index (χ4n) is 1.78. The third kappa shape index (κ3) is 3.59. The first kappa shape index (κ1) is 14.9. The van der Waals surface area contributed by atoms with E-state index in [0.717, 1.165) is 12.8 Å². The molecule has 1 aliphatic rings. The summed E-state index contributed by atoms with van der Waals surface area (Å²) in [5.74, 6) is 0.999. The Bertz CT molecular complexity index is 752. The van der Waals surface area contributed by atoms with Gasteiger partial charge < -0.3 is 9.73 Å². The molecule has 1 heterocycles. The summed E-state index contributed by atoms with van der Waals surface area (Å²) in [6.07, 6.45) is 2.18. The smallest absolute Gasteiger partial charge is 0.277 e. The highest BCUT2D eigenvalue weighted by Crippen LogP contribution is 2.39. The Labute approximate surface area is 135 Å². The van der Waals surface area contributed by atoms with Crippen molar-refractivity contribution in [3.63, 3.8) is 0 Å². The normalized spacial score (nSPS) is 13.6. The zero-order chi connectivity index (χ0) is 15.5. The van der Waals surface area contributed by atoms with Crippen molar-refractivity contribution in [1.82, 2.24) is 10.2 Å². The summed E-state index contributed by atoms with van der Waals surface area (Å²) < 4.78 is 5.46. The van der Waals surface area contributed by atoms with Crippen molar-refractivity contribution < 1.29 is 9.21 Å². The number of anilines is 1. The molecule has 1 fully saturated rings. The lowest BCUT2D eigenvalue weighted by molar-refractivity contribution is -0.113. The molecule has 1 aromatic carbocycles. The Kier molecular flexibility index (Phi) is 4.32. The van der Waals surface area contributed by atoms with Crippen molar-refractivity contribution in [2.75, 3.05) is 11.1 Å². The van der Waals surface area contributed by atoms with Crippen LogP contribution in [0.1, 0.15) is 30.2 Å². The molecule has 0 aliphatic heterocycles. The summed E-state index contributed by atoms with van der Waals surface area (Å²) >= 11 is 7.10. The minimum Gasteiger partial charge on any atom is -0.416 e. The number of nitrogens with one attached hydrogen (secondary N) is 1. The molecule has 22 heavy (non-hydrogen) atoms. The van der Waals surface area contributed by atoms with Gasteiger partial charge in [0.05, 0.1) is 16.3 Å². The number of benzene rings is 1. The van der Waals surface area contributed by atoms with E-state index in [1.165, 1.54) is 11.8 Å². The summed E-state index contributed by atoms with van der Waals surface area (Å²) in [6.45, 7) is 0. The Balaban J connectivity index is 1.53. The number of rotatable bonds is 5. The van der Waals surface area contributed by atoms with Crippen molar-refractivity contribution in [3.05, 3.63) is 34.7 Å². The topological polar surface area (TPSA) is 91.8 Å². The molecule has 1 saturated carbocycles. The summed E-state index contributed by atoms with van der Waals surface area (Å²) in [5.41, 5.74) is 0.909. The van der Waals surface area contributed by atoms with E-state index in [4.69, 9.17) is 21.3 Å². The van der Waals surface area contributed by atoms with Gasteiger partial charge in [0.1, 0.15) is 6.07 Å². The fourth-order valence-corrected chi connectivity index (χ4v) is 2.57. The molecule has 0 saturated heterocycles. The molecule has 3 rings (SSSR count). The lowest BCUT2D eigenvalue weighted by Crippen LogP contribution is -2.14. The fraction of sp³-hybridized carbons (Fsp3) is 0.286. The Morgan fingerprint density at radius 1 is 1.50 bits per heavy atom. The van der Waals surface area contributed by atoms with Gasteiger partial charge in [0.15, 0.2) is 0 Å². The standard InChI is InChI=1S/C14H11ClN4O2S/c15-11-5-10(4-3-9(11)6-16)17-12(20)7-22-14-19-18-13(21-14)8-1-2-8/h3-5,8H,1-2,7H2,(H,17,20). The zero-order valence-electron chi connectivity index (χ0n) is 11.4. The third-order valence-electron chi connectivity index (χ3n) is 3.05. The predicted molar refractivity (Wildman–Crippen MR) is 81.8 cm³/mol. The molecular formula is C14H11ClN4O2S. The van der Waals surface area contributed by atoms with Gasteiger partial charge in [0, 0.05) is 11.6 Å². The largest absolute Gasteiger partial charge is 0.416 e. The molecule has 1 aliphatic carbocycles. The number of halogens is 1. The van der Waals surface area contributed by atoms with Crippen LogP contribution in [0.15, 0.2) is 27.8 Å². The number of hydrogen-bond donors (Lipinski definition) is 1. The van der Waals surface area contributed by atoms with Crippen LogP contribution in [-0.2, 0) is 4.79 Å². The molecule has 1 N–H and O–H groups in total. The van der Waals surface area contributed by atoms with Crippen LogP contribution in [0, 0.1) is 11.3 Å². The van der Waals surface area contributed by atoms with E-state index in [2.05, 4.69) is 15.5 Å². The SMILES string of the molecule is N#Cc1ccc(NC(=O)CSc2nnc(C3CC3)o2)cc1Cl. The van der Waals surface area contributed by atoms with Gasteiger partial charge in [-0.15, -0.1) is 10.2 Å². The van der Waals surface area contributed by atoms with Crippen LogP contribution < -0.4 is 5.32 Å². The number of nitriles is 1. The van der Waals surface area contributed by atoms with Crippen LogP contribution in [-0.4, -0.2) is 21.9 Å². The molecule has 0 unspecified atom stereocenters. The van der Waals surface area contributed by atoms with Gasteiger partial charge in [0.25, 0.3) is 5.22 Å². The van der Waals surface area contributed by atoms with Crippen LogP contribution in [0.25, 0.3) is 0 Å². The van der Waals surface area contributed by atoms with E-state index in [-0.39, 0.29) is 11.7 Å². The molecule has 2 aromatic rings. The number of amides is 1. The first-order valence-corrected chi connectivity index (χ1v) is 7.98. The summed E-state index contributed by atoms with van der Waals surface area (Å²) in [6, 6.07) is 6.70. The van der Waals surface area contributed by atoms with Gasteiger partial charge >= 0.3 is 0 Å². The van der Waals surface area contributed by atoms with E-state index in [0.29, 0.717) is 33.3 Å². The average molecular weight is 335 g/mol. The van der Waals surface area contributed by atoms with Gasteiger partial charge in [-0.3, -0.25) is 4.79 Å². The maximum atomic E-state index is 11.9. The van der Waals surface area contributed by atoms with Crippen LogP contribution >= 0.6 is 23.4 Å². The van der Waals surface area contributed by atoms with Crippen LogP contribution in [0.3, 0.4) is 0 Å². The van der Waals surface area contributed by atoms with Crippen molar-refractivity contribution in [3.8, 4) is 6.07 Å². The van der Waals surface area contributed by atoms with Gasteiger partial charge in [-0.1, -0.05) is 23.4 Å². The molecule has 0 radical (unpaired) electrons. The maximum absolute atomic E-state index is 11.9. The second-order valence-electron chi connectivity index (χ2n) is 4.82. The van der Waals surface area contributed by atoms with E-state index in [9.17, 15) is 4.79 Å². The van der Waals surface area contributed by atoms with Crippen molar-refractivity contribution in [2.45, 2.75) is 24.0 Å². The quantitative estimate of drug-likeness (QED) is 0.844. The Morgan fingerprint density at radius 2 is 2.32 bits per heavy atom. The highest BCUT2D eigenvalue weighted by molar-refractivity contribution is 7.99. The molecule has 0 atom stereocenters. The number of thioether (sulfide) groups is 1. The molecule has 1 amide bonds. The Hall–Kier alpha value is -2.04. The molecule has 112 valence electrons.